The Bertz CT molecular complexity index is 1330. The number of aromatic hydroxyl groups is 1. The quantitative estimate of drug-likeness (QED) is 0.415. The fourth-order valence-corrected chi connectivity index (χ4v) is 4.04. The first-order chi connectivity index (χ1) is 14.2. The highest BCUT2D eigenvalue weighted by atomic mass is 16.3. The minimum absolute atomic E-state index is 0.197. The number of pyridine rings is 1. The molecule has 0 aliphatic carbocycles. The Kier molecular flexibility index (Phi) is 4.23. The number of benzene rings is 4. The maximum absolute atomic E-state index is 11.2. The van der Waals surface area contributed by atoms with E-state index in [0.717, 1.165) is 43.8 Å². The van der Waals surface area contributed by atoms with E-state index in [4.69, 9.17) is 0 Å². The first-order valence-electron chi connectivity index (χ1n) is 9.55. The number of aromatic nitrogens is 1. The highest BCUT2D eigenvalue weighted by Gasteiger charge is 2.21. The van der Waals surface area contributed by atoms with Gasteiger partial charge in [-0.2, -0.15) is 0 Å². The molecule has 0 fully saturated rings. The second-order valence-corrected chi connectivity index (χ2v) is 7.11. The molecule has 0 radical (unpaired) electrons. The highest BCUT2D eigenvalue weighted by molar-refractivity contribution is 6.08. The van der Waals surface area contributed by atoms with Crippen molar-refractivity contribution in [3.8, 4) is 16.9 Å². The first-order valence-corrected chi connectivity index (χ1v) is 9.55. The van der Waals surface area contributed by atoms with Crippen LogP contribution < -0.4 is 0 Å². The van der Waals surface area contributed by atoms with Gasteiger partial charge in [0, 0.05) is 18.0 Å². The van der Waals surface area contributed by atoms with Gasteiger partial charge in [-0.1, -0.05) is 66.7 Å². The lowest BCUT2D eigenvalue weighted by atomic mass is 9.86. The van der Waals surface area contributed by atoms with Crippen LogP contribution in [0.4, 0.5) is 0 Å². The van der Waals surface area contributed by atoms with Crippen molar-refractivity contribution >= 4 is 21.5 Å². The maximum Gasteiger partial charge on any atom is 0.124 e. The molecule has 0 amide bonds. The first kappa shape index (κ1) is 17.4. The molecule has 3 heteroatoms. The summed E-state index contributed by atoms with van der Waals surface area (Å²) in [7, 11) is 0. The minimum atomic E-state index is -0.837. The lowest BCUT2D eigenvalue weighted by Gasteiger charge is -2.20. The number of phenolic OH excluding ortho intramolecular Hbond substituents is 1. The summed E-state index contributed by atoms with van der Waals surface area (Å²) < 4.78 is 0. The molecular formula is C26H19NO2. The predicted octanol–water partition coefficient (Wildman–Crippen LogP) is 5.84. The maximum atomic E-state index is 11.2. The molecule has 1 aromatic heterocycles. The molecule has 5 aromatic rings. The highest BCUT2D eigenvalue weighted by Crippen LogP contribution is 2.44. The predicted molar refractivity (Wildman–Crippen MR) is 117 cm³/mol. The fraction of sp³-hybridized carbons (Fsp3) is 0.0385. The summed E-state index contributed by atoms with van der Waals surface area (Å²) in [6.45, 7) is 0. The van der Waals surface area contributed by atoms with Gasteiger partial charge in [0.1, 0.15) is 11.9 Å². The van der Waals surface area contributed by atoms with E-state index in [1.165, 1.54) is 0 Å². The normalized spacial score (nSPS) is 12.3. The van der Waals surface area contributed by atoms with Crippen molar-refractivity contribution in [1.29, 1.82) is 0 Å². The summed E-state index contributed by atoms with van der Waals surface area (Å²) in [6, 6.07) is 27.3. The zero-order valence-corrected chi connectivity index (χ0v) is 15.7. The lowest BCUT2D eigenvalue weighted by Crippen LogP contribution is -2.03. The topological polar surface area (TPSA) is 53.4 Å². The van der Waals surface area contributed by atoms with Crippen LogP contribution in [-0.4, -0.2) is 15.2 Å². The standard InChI is InChI=1S/C26H19NO2/c28-23-12-10-18-6-2-4-8-21(18)25(23)24-20-7-3-1-5-17(20)9-11-22(24)26(29)19-13-15-27-16-14-19/h1-16,26,28-29H. The van der Waals surface area contributed by atoms with Gasteiger partial charge >= 0.3 is 0 Å². The van der Waals surface area contributed by atoms with Crippen LogP contribution >= 0.6 is 0 Å². The van der Waals surface area contributed by atoms with E-state index in [2.05, 4.69) is 4.98 Å². The van der Waals surface area contributed by atoms with Gasteiger partial charge in [0.25, 0.3) is 0 Å². The molecule has 0 saturated carbocycles. The van der Waals surface area contributed by atoms with Crippen molar-refractivity contribution in [3.63, 3.8) is 0 Å². The van der Waals surface area contributed by atoms with Gasteiger partial charge in [0.15, 0.2) is 0 Å². The van der Waals surface area contributed by atoms with Gasteiger partial charge in [-0.3, -0.25) is 4.98 Å². The van der Waals surface area contributed by atoms with E-state index in [1.807, 2.05) is 78.9 Å². The zero-order chi connectivity index (χ0) is 19.8. The molecule has 0 aliphatic rings. The van der Waals surface area contributed by atoms with Crippen molar-refractivity contribution in [2.45, 2.75) is 6.10 Å². The molecule has 0 saturated heterocycles. The van der Waals surface area contributed by atoms with Crippen LogP contribution in [0.15, 0.2) is 97.3 Å². The van der Waals surface area contributed by atoms with E-state index >= 15 is 0 Å². The molecule has 0 bridgehead atoms. The average molecular weight is 377 g/mol. The minimum Gasteiger partial charge on any atom is -0.507 e. The summed E-state index contributed by atoms with van der Waals surface area (Å²) in [5.41, 5.74) is 3.10. The van der Waals surface area contributed by atoms with Crippen LogP contribution in [0.3, 0.4) is 0 Å². The molecule has 29 heavy (non-hydrogen) atoms. The summed E-state index contributed by atoms with van der Waals surface area (Å²) in [6.07, 6.45) is 2.51. The third kappa shape index (κ3) is 2.93. The number of aliphatic hydroxyl groups is 1. The van der Waals surface area contributed by atoms with Crippen molar-refractivity contribution < 1.29 is 10.2 Å². The number of phenols is 1. The lowest BCUT2D eigenvalue weighted by molar-refractivity contribution is 0.221. The molecule has 0 aliphatic heterocycles. The molecule has 3 nitrogen and oxygen atoms in total. The van der Waals surface area contributed by atoms with Gasteiger partial charge in [0.05, 0.1) is 0 Å². The number of aliphatic hydroxyl groups excluding tert-OH is 1. The van der Waals surface area contributed by atoms with Crippen LogP contribution in [0.25, 0.3) is 32.7 Å². The molecule has 140 valence electrons. The molecule has 1 heterocycles. The van der Waals surface area contributed by atoms with Gasteiger partial charge in [-0.05, 0) is 56.4 Å². The number of hydrogen-bond donors (Lipinski definition) is 2. The van der Waals surface area contributed by atoms with Crippen LogP contribution in [0.5, 0.6) is 5.75 Å². The SMILES string of the molecule is Oc1ccc2ccccc2c1-c1c(C(O)c2ccncc2)ccc2ccccc12. The fourth-order valence-electron chi connectivity index (χ4n) is 4.04. The van der Waals surface area contributed by atoms with Crippen LogP contribution in [0.1, 0.15) is 17.2 Å². The van der Waals surface area contributed by atoms with Crippen LogP contribution in [-0.2, 0) is 0 Å². The summed E-state index contributed by atoms with van der Waals surface area (Å²) in [5, 5.41) is 26.2. The Morgan fingerprint density at radius 1 is 0.621 bits per heavy atom. The third-order valence-electron chi connectivity index (χ3n) is 5.43. The Balaban J connectivity index is 1.89. The summed E-state index contributed by atoms with van der Waals surface area (Å²) in [5.74, 6) is 0.197. The molecule has 4 aromatic carbocycles. The van der Waals surface area contributed by atoms with Gasteiger partial charge in [-0.25, -0.2) is 0 Å². The van der Waals surface area contributed by atoms with E-state index in [9.17, 15) is 10.2 Å². The largest absolute Gasteiger partial charge is 0.507 e. The molecular weight excluding hydrogens is 358 g/mol. The number of fused-ring (bicyclic) bond motifs is 2. The van der Waals surface area contributed by atoms with Crippen molar-refractivity contribution in [2.24, 2.45) is 0 Å². The van der Waals surface area contributed by atoms with Crippen molar-refractivity contribution in [1.82, 2.24) is 4.98 Å². The molecule has 1 unspecified atom stereocenters. The van der Waals surface area contributed by atoms with E-state index in [0.29, 0.717) is 0 Å². The van der Waals surface area contributed by atoms with Gasteiger partial charge < -0.3 is 10.2 Å². The van der Waals surface area contributed by atoms with Crippen LogP contribution in [0, 0.1) is 0 Å². The molecule has 2 N–H and O–H groups in total. The zero-order valence-electron chi connectivity index (χ0n) is 15.7. The summed E-state index contributed by atoms with van der Waals surface area (Å²) in [4.78, 5) is 4.06. The average Bonchev–Trinajstić information content (AvgIpc) is 2.79. The Hall–Kier alpha value is -3.69. The molecule has 5 rings (SSSR count). The van der Waals surface area contributed by atoms with Crippen LogP contribution in [0.2, 0.25) is 0 Å². The van der Waals surface area contributed by atoms with Crippen molar-refractivity contribution in [2.75, 3.05) is 0 Å². The second-order valence-electron chi connectivity index (χ2n) is 7.11. The monoisotopic (exact) mass is 377 g/mol. The third-order valence-corrected chi connectivity index (χ3v) is 5.43. The number of hydrogen-bond acceptors (Lipinski definition) is 3. The second kappa shape index (κ2) is 7.04. The number of nitrogens with zero attached hydrogens (tertiary/aromatic N) is 1. The Labute approximate surface area is 168 Å². The van der Waals surface area contributed by atoms with E-state index < -0.39 is 6.10 Å². The Morgan fingerprint density at radius 2 is 1.21 bits per heavy atom. The Morgan fingerprint density at radius 3 is 1.90 bits per heavy atom. The number of rotatable bonds is 3. The molecule has 0 spiro atoms. The van der Waals surface area contributed by atoms with E-state index in [1.54, 1.807) is 18.5 Å². The summed E-state index contributed by atoms with van der Waals surface area (Å²) >= 11 is 0. The molecule has 1 atom stereocenters. The van der Waals surface area contributed by atoms with Gasteiger partial charge in [-0.15, -0.1) is 0 Å². The van der Waals surface area contributed by atoms with E-state index in [-0.39, 0.29) is 5.75 Å². The smallest absolute Gasteiger partial charge is 0.124 e. The van der Waals surface area contributed by atoms with Gasteiger partial charge in [0.2, 0.25) is 0 Å². The van der Waals surface area contributed by atoms with Crippen molar-refractivity contribution in [3.05, 3.63) is 108 Å².